The smallest absolute Gasteiger partial charge is 0.123 e. The molecule has 0 spiro atoms. The second-order valence-corrected chi connectivity index (χ2v) is 6.18. The quantitative estimate of drug-likeness (QED) is 0.826. The van der Waals surface area contributed by atoms with Gasteiger partial charge in [0.1, 0.15) is 5.75 Å². The van der Waals surface area contributed by atoms with Crippen molar-refractivity contribution in [2.75, 3.05) is 12.0 Å². The van der Waals surface area contributed by atoms with E-state index in [1.807, 2.05) is 12.1 Å². The lowest BCUT2D eigenvalue weighted by atomic mass is 10.1. The molecule has 2 nitrogen and oxygen atoms in total. The monoisotopic (exact) mass is 331 g/mol. The van der Waals surface area contributed by atoms with Gasteiger partial charge in [0.15, 0.2) is 0 Å². The summed E-state index contributed by atoms with van der Waals surface area (Å²) in [4.78, 5) is 2.46. The van der Waals surface area contributed by atoms with Crippen LogP contribution in [0.1, 0.15) is 18.1 Å². The van der Waals surface area contributed by atoms with E-state index in [1.165, 1.54) is 16.8 Å². The van der Waals surface area contributed by atoms with E-state index in [4.69, 9.17) is 4.74 Å². The topological polar surface area (TPSA) is 12.5 Å². The van der Waals surface area contributed by atoms with Crippen molar-refractivity contribution in [1.82, 2.24) is 0 Å². The molecule has 20 heavy (non-hydrogen) atoms. The molecule has 0 aliphatic carbocycles. The van der Waals surface area contributed by atoms with E-state index in [0.29, 0.717) is 6.04 Å². The summed E-state index contributed by atoms with van der Waals surface area (Å²) < 4.78 is 6.58. The van der Waals surface area contributed by atoms with E-state index in [9.17, 15) is 0 Å². The van der Waals surface area contributed by atoms with Crippen molar-refractivity contribution in [3.63, 3.8) is 0 Å². The third kappa shape index (κ3) is 2.42. The summed E-state index contributed by atoms with van der Waals surface area (Å²) in [6.45, 7) is 3.16. The molecule has 1 aliphatic rings. The fourth-order valence-electron chi connectivity index (χ4n) is 2.92. The summed E-state index contributed by atoms with van der Waals surface area (Å²) in [6.07, 6.45) is 1.12. The van der Waals surface area contributed by atoms with Gasteiger partial charge in [-0.1, -0.05) is 34.1 Å². The van der Waals surface area contributed by atoms with Gasteiger partial charge in [-0.25, -0.2) is 0 Å². The van der Waals surface area contributed by atoms with E-state index in [1.54, 1.807) is 7.11 Å². The van der Waals surface area contributed by atoms with Crippen LogP contribution in [-0.2, 0) is 13.0 Å². The average molecular weight is 332 g/mol. The summed E-state index contributed by atoms with van der Waals surface area (Å²) in [6, 6.07) is 15.4. The van der Waals surface area contributed by atoms with Gasteiger partial charge in [0.25, 0.3) is 0 Å². The van der Waals surface area contributed by atoms with Gasteiger partial charge in [-0.15, -0.1) is 0 Å². The van der Waals surface area contributed by atoms with Crippen molar-refractivity contribution >= 4 is 21.6 Å². The van der Waals surface area contributed by atoms with Crippen LogP contribution in [0, 0.1) is 0 Å². The van der Waals surface area contributed by atoms with Gasteiger partial charge in [0.2, 0.25) is 0 Å². The molecule has 0 saturated heterocycles. The number of halogens is 1. The standard InChI is InChI=1S/C17H18BrNO/c1-12-9-13-5-3-4-6-16(13)19(12)11-14-10-15(18)7-8-17(14)20-2/h3-8,10,12H,9,11H2,1-2H3. The van der Waals surface area contributed by atoms with Gasteiger partial charge in [-0.3, -0.25) is 0 Å². The van der Waals surface area contributed by atoms with Crippen LogP contribution in [0.3, 0.4) is 0 Å². The SMILES string of the molecule is COc1ccc(Br)cc1CN1c2ccccc2CC1C. The van der Waals surface area contributed by atoms with Crippen molar-refractivity contribution in [2.24, 2.45) is 0 Å². The molecule has 0 aromatic heterocycles. The number of rotatable bonds is 3. The van der Waals surface area contributed by atoms with Gasteiger partial charge in [-0.05, 0) is 43.2 Å². The number of para-hydroxylation sites is 1. The van der Waals surface area contributed by atoms with E-state index in [0.717, 1.165) is 23.2 Å². The highest BCUT2D eigenvalue weighted by Gasteiger charge is 2.26. The summed E-state index contributed by atoms with van der Waals surface area (Å²) >= 11 is 3.55. The van der Waals surface area contributed by atoms with E-state index < -0.39 is 0 Å². The number of ether oxygens (including phenoxy) is 1. The maximum Gasteiger partial charge on any atom is 0.123 e. The maximum absolute atomic E-state index is 5.49. The predicted molar refractivity (Wildman–Crippen MR) is 86.5 cm³/mol. The molecule has 3 rings (SSSR count). The van der Waals surface area contributed by atoms with Crippen LogP contribution in [-0.4, -0.2) is 13.2 Å². The lowest BCUT2D eigenvalue weighted by Crippen LogP contribution is -2.28. The molecule has 0 radical (unpaired) electrons. The van der Waals surface area contributed by atoms with Crippen LogP contribution in [0.2, 0.25) is 0 Å². The first kappa shape index (κ1) is 13.5. The second kappa shape index (κ2) is 5.49. The Morgan fingerprint density at radius 3 is 2.85 bits per heavy atom. The molecular formula is C17H18BrNO. The minimum atomic E-state index is 0.524. The molecule has 0 amide bonds. The Balaban J connectivity index is 1.94. The molecule has 2 aromatic rings. The van der Waals surface area contributed by atoms with Crippen LogP contribution < -0.4 is 9.64 Å². The molecular weight excluding hydrogens is 314 g/mol. The summed E-state index contributed by atoms with van der Waals surface area (Å²) in [5.74, 6) is 0.949. The third-order valence-corrected chi connectivity index (χ3v) is 4.42. The first-order valence-electron chi connectivity index (χ1n) is 6.86. The highest BCUT2D eigenvalue weighted by atomic mass is 79.9. The fraction of sp³-hybridized carbons (Fsp3) is 0.294. The van der Waals surface area contributed by atoms with E-state index >= 15 is 0 Å². The van der Waals surface area contributed by atoms with Gasteiger partial charge >= 0.3 is 0 Å². The lowest BCUT2D eigenvalue weighted by molar-refractivity contribution is 0.408. The number of fused-ring (bicyclic) bond motifs is 1. The molecule has 1 aliphatic heterocycles. The molecule has 2 aromatic carbocycles. The molecule has 0 saturated carbocycles. The van der Waals surface area contributed by atoms with Crippen LogP contribution in [0.15, 0.2) is 46.9 Å². The van der Waals surface area contributed by atoms with Crippen molar-refractivity contribution in [1.29, 1.82) is 0 Å². The van der Waals surface area contributed by atoms with Crippen molar-refractivity contribution in [2.45, 2.75) is 25.9 Å². The minimum absolute atomic E-state index is 0.524. The van der Waals surface area contributed by atoms with Gasteiger partial charge in [0.05, 0.1) is 7.11 Å². The Labute approximate surface area is 128 Å². The Morgan fingerprint density at radius 1 is 1.25 bits per heavy atom. The molecule has 0 fully saturated rings. The Hall–Kier alpha value is -1.48. The lowest BCUT2D eigenvalue weighted by Gasteiger charge is -2.26. The second-order valence-electron chi connectivity index (χ2n) is 5.27. The number of nitrogens with zero attached hydrogens (tertiary/aromatic N) is 1. The summed E-state index contributed by atoms with van der Waals surface area (Å²) in [7, 11) is 1.73. The maximum atomic E-state index is 5.49. The number of methoxy groups -OCH3 is 1. The zero-order chi connectivity index (χ0) is 14.1. The number of benzene rings is 2. The highest BCUT2D eigenvalue weighted by molar-refractivity contribution is 9.10. The fourth-order valence-corrected chi connectivity index (χ4v) is 3.33. The highest BCUT2D eigenvalue weighted by Crippen LogP contribution is 2.35. The van der Waals surface area contributed by atoms with Crippen molar-refractivity contribution in [3.05, 3.63) is 58.1 Å². The Bertz CT molecular complexity index is 626. The average Bonchev–Trinajstić information content (AvgIpc) is 2.76. The van der Waals surface area contributed by atoms with Gasteiger partial charge < -0.3 is 9.64 Å². The van der Waals surface area contributed by atoms with Crippen molar-refractivity contribution in [3.8, 4) is 5.75 Å². The molecule has 0 N–H and O–H groups in total. The molecule has 1 heterocycles. The van der Waals surface area contributed by atoms with Gasteiger partial charge in [-0.2, -0.15) is 0 Å². The van der Waals surface area contributed by atoms with Crippen LogP contribution in [0.4, 0.5) is 5.69 Å². The number of hydrogen-bond donors (Lipinski definition) is 0. The normalized spacial score (nSPS) is 17.1. The predicted octanol–water partition coefficient (Wildman–Crippen LogP) is 4.41. The molecule has 104 valence electrons. The zero-order valence-corrected chi connectivity index (χ0v) is 13.4. The number of hydrogen-bond acceptors (Lipinski definition) is 2. The van der Waals surface area contributed by atoms with Gasteiger partial charge in [0, 0.05) is 28.3 Å². The number of anilines is 1. The van der Waals surface area contributed by atoms with E-state index in [-0.39, 0.29) is 0 Å². The minimum Gasteiger partial charge on any atom is -0.496 e. The Morgan fingerprint density at radius 2 is 2.05 bits per heavy atom. The first-order valence-corrected chi connectivity index (χ1v) is 7.65. The first-order chi connectivity index (χ1) is 9.69. The zero-order valence-electron chi connectivity index (χ0n) is 11.8. The summed E-state index contributed by atoms with van der Waals surface area (Å²) in [5, 5.41) is 0. The Kier molecular flexibility index (Phi) is 3.70. The largest absolute Gasteiger partial charge is 0.496 e. The molecule has 0 bridgehead atoms. The van der Waals surface area contributed by atoms with Crippen LogP contribution in [0.25, 0.3) is 0 Å². The van der Waals surface area contributed by atoms with E-state index in [2.05, 4.69) is 58.1 Å². The van der Waals surface area contributed by atoms with Crippen molar-refractivity contribution < 1.29 is 4.74 Å². The molecule has 3 heteroatoms. The molecule has 1 atom stereocenters. The van der Waals surface area contributed by atoms with Crippen LogP contribution in [0.5, 0.6) is 5.75 Å². The van der Waals surface area contributed by atoms with Crippen LogP contribution >= 0.6 is 15.9 Å². The third-order valence-electron chi connectivity index (χ3n) is 3.93. The summed E-state index contributed by atoms with van der Waals surface area (Å²) in [5.41, 5.74) is 4.00. The molecule has 1 unspecified atom stereocenters.